The molecule has 8 nitrogen and oxygen atoms in total. The van der Waals surface area contributed by atoms with Crippen molar-refractivity contribution in [1.82, 2.24) is 8.87 Å². The average Bonchev–Trinajstić information content (AvgIpc) is 3.46. The highest BCUT2D eigenvalue weighted by molar-refractivity contribution is 7.89. The van der Waals surface area contributed by atoms with Crippen LogP contribution in [0, 0.1) is 0 Å². The third-order valence-electron chi connectivity index (χ3n) is 6.00. The second kappa shape index (κ2) is 9.93. The molecule has 1 saturated heterocycles. The summed E-state index contributed by atoms with van der Waals surface area (Å²) in [5, 5.41) is 0. The summed E-state index contributed by atoms with van der Waals surface area (Å²) in [6, 6.07) is 14.0. The Morgan fingerprint density at radius 2 is 1.82 bits per heavy atom. The summed E-state index contributed by atoms with van der Waals surface area (Å²) in [5.41, 5.74) is 1.52. The Bertz CT molecular complexity index is 1270. The molecule has 176 valence electrons. The number of hydrogen-bond donors (Lipinski definition) is 0. The minimum Gasteiger partial charge on any atom is -0.408 e. The van der Waals surface area contributed by atoms with Gasteiger partial charge in [0.1, 0.15) is 0 Å². The van der Waals surface area contributed by atoms with Gasteiger partial charge in [0, 0.05) is 44.4 Å². The number of amides is 1. The second-order valence-electron chi connectivity index (χ2n) is 8.24. The van der Waals surface area contributed by atoms with Gasteiger partial charge in [-0.2, -0.15) is 4.31 Å². The Labute approximate surface area is 193 Å². The molecule has 0 saturated carbocycles. The highest BCUT2D eigenvalue weighted by atomic mass is 32.2. The van der Waals surface area contributed by atoms with E-state index in [1.54, 1.807) is 11.0 Å². The first kappa shape index (κ1) is 23.3. The monoisotopic (exact) mass is 471 g/mol. The molecule has 0 atom stereocenters. The van der Waals surface area contributed by atoms with Gasteiger partial charge in [0.15, 0.2) is 5.58 Å². The standard InChI is InChI=1S/C24H29N3O5S/c1-2-3-16-26(19-9-5-4-6-10-19)23(28)13-17-27-21-12-11-20(18-22(21)32-24(27)29)33(30,31)25-14-7-8-15-25/h4-6,9-12,18H,2-3,7-8,13-17H2,1H3. The van der Waals surface area contributed by atoms with Gasteiger partial charge in [-0.15, -0.1) is 0 Å². The van der Waals surface area contributed by atoms with E-state index in [0.717, 1.165) is 31.4 Å². The number of carbonyl (C=O) groups is 1. The van der Waals surface area contributed by atoms with E-state index < -0.39 is 15.8 Å². The first-order chi connectivity index (χ1) is 15.9. The first-order valence-corrected chi connectivity index (χ1v) is 12.8. The predicted molar refractivity (Wildman–Crippen MR) is 127 cm³/mol. The van der Waals surface area contributed by atoms with Gasteiger partial charge in [-0.05, 0) is 43.5 Å². The molecule has 0 radical (unpaired) electrons. The summed E-state index contributed by atoms with van der Waals surface area (Å²) >= 11 is 0. The van der Waals surface area contributed by atoms with Crippen molar-refractivity contribution < 1.29 is 17.6 Å². The number of benzene rings is 2. The SMILES string of the molecule is CCCCN(C(=O)CCn1c(=O)oc2cc(S(=O)(=O)N3CCCC3)ccc21)c1ccccc1. The van der Waals surface area contributed by atoms with Crippen molar-refractivity contribution in [2.24, 2.45) is 0 Å². The van der Waals surface area contributed by atoms with Crippen LogP contribution in [0.3, 0.4) is 0 Å². The molecule has 0 bridgehead atoms. The lowest BCUT2D eigenvalue weighted by Gasteiger charge is -2.22. The van der Waals surface area contributed by atoms with Crippen molar-refractivity contribution in [2.75, 3.05) is 24.5 Å². The highest BCUT2D eigenvalue weighted by Crippen LogP contribution is 2.24. The molecule has 1 aliphatic rings. The maximum atomic E-state index is 13.0. The fraction of sp³-hybridized carbons (Fsp3) is 0.417. The Kier molecular flexibility index (Phi) is 6.99. The van der Waals surface area contributed by atoms with Crippen molar-refractivity contribution in [3.63, 3.8) is 0 Å². The van der Waals surface area contributed by atoms with Crippen LogP contribution in [0.25, 0.3) is 11.1 Å². The van der Waals surface area contributed by atoms with Gasteiger partial charge < -0.3 is 9.32 Å². The number of oxazole rings is 1. The molecular weight excluding hydrogens is 442 g/mol. The van der Waals surface area contributed by atoms with Gasteiger partial charge in [-0.25, -0.2) is 13.2 Å². The summed E-state index contributed by atoms with van der Waals surface area (Å²) in [6.07, 6.45) is 3.66. The topological polar surface area (TPSA) is 92.8 Å². The Hall–Kier alpha value is -2.91. The van der Waals surface area contributed by atoms with Crippen LogP contribution in [0.4, 0.5) is 5.69 Å². The van der Waals surface area contributed by atoms with Crippen molar-refractivity contribution in [1.29, 1.82) is 0 Å². The fourth-order valence-electron chi connectivity index (χ4n) is 4.16. The van der Waals surface area contributed by atoms with Crippen molar-refractivity contribution >= 4 is 32.7 Å². The van der Waals surface area contributed by atoms with E-state index in [1.807, 2.05) is 30.3 Å². The normalized spacial score (nSPS) is 14.7. The highest BCUT2D eigenvalue weighted by Gasteiger charge is 2.28. The number of aryl methyl sites for hydroxylation is 1. The number of rotatable bonds is 9. The van der Waals surface area contributed by atoms with E-state index in [0.29, 0.717) is 25.2 Å². The van der Waals surface area contributed by atoms with E-state index >= 15 is 0 Å². The van der Waals surface area contributed by atoms with Gasteiger partial charge >= 0.3 is 5.76 Å². The molecule has 9 heteroatoms. The quantitative estimate of drug-likeness (QED) is 0.475. The zero-order valence-electron chi connectivity index (χ0n) is 18.8. The number of hydrogen-bond acceptors (Lipinski definition) is 5. The van der Waals surface area contributed by atoms with Crippen molar-refractivity contribution in [3.05, 3.63) is 59.1 Å². The van der Waals surface area contributed by atoms with Crippen LogP contribution in [0.1, 0.15) is 39.0 Å². The van der Waals surface area contributed by atoms with Gasteiger partial charge in [-0.1, -0.05) is 31.5 Å². The molecular formula is C24H29N3O5S. The van der Waals surface area contributed by atoms with Crippen LogP contribution < -0.4 is 10.7 Å². The zero-order chi connectivity index (χ0) is 23.4. The number of nitrogens with zero attached hydrogens (tertiary/aromatic N) is 3. The van der Waals surface area contributed by atoms with Crippen LogP contribution in [0.15, 0.2) is 62.6 Å². The minimum atomic E-state index is -3.61. The largest absolute Gasteiger partial charge is 0.419 e. The summed E-state index contributed by atoms with van der Waals surface area (Å²) in [6.45, 7) is 3.84. The molecule has 0 N–H and O–H groups in total. The molecule has 1 aliphatic heterocycles. The number of fused-ring (bicyclic) bond motifs is 1. The van der Waals surface area contributed by atoms with Crippen molar-refractivity contribution in [3.8, 4) is 0 Å². The lowest BCUT2D eigenvalue weighted by molar-refractivity contribution is -0.118. The predicted octanol–water partition coefficient (Wildman–Crippen LogP) is 3.60. The second-order valence-corrected chi connectivity index (χ2v) is 10.2. The lowest BCUT2D eigenvalue weighted by atomic mass is 10.2. The molecule has 1 fully saturated rings. The van der Waals surface area contributed by atoms with E-state index in [9.17, 15) is 18.0 Å². The number of anilines is 1. The molecule has 0 unspecified atom stereocenters. The van der Waals surface area contributed by atoms with Gasteiger partial charge in [-0.3, -0.25) is 9.36 Å². The maximum absolute atomic E-state index is 13.0. The number of carbonyl (C=O) groups excluding carboxylic acids is 1. The van der Waals surface area contributed by atoms with E-state index in [-0.39, 0.29) is 29.4 Å². The van der Waals surface area contributed by atoms with E-state index in [4.69, 9.17) is 4.42 Å². The molecule has 2 aromatic carbocycles. The van der Waals surface area contributed by atoms with Crippen molar-refractivity contribution in [2.45, 2.75) is 50.5 Å². The van der Waals surface area contributed by atoms with E-state index in [2.05, 4.69) is 6.92 Å². The molecule has 3 aromatic rings. The molecule has 0 aliphatic carbocycles. The average molecular weight is 472 g/mol. The Balaban J connectivity index is 1.54. The molecule has 1 aromatic heterocycles. The van der Waals surface area contributed by atoms with Gasteiger partial charge in [0.2, 0.25) is 15.9 Å². The molecule has 4 rings (SSSR count). The molecule has 2 heterocycles. The number of para-hydroxylation sites is 1. The third kappa shape index (κ3) is 4.89. The van der Waals surface area contributed by atoms with Crippen LogP contribution in [0.2, 0.25) is 0 Å². The number of sulfonamides is 1. The fourth-order valence-corrected chi connectivity index (χ4v) is 5.69. The summed E-state index contributed by atoms with van der Waals surface area (Å²) in [7, 11) is -3.61. The first-order valence-electron chi connectivity index (χ1n) is 11.4. The Morgan fingerprint density at radius 3 is 2.52 bits per heavy atom. The summed E-state index contributed by atoms with van der Waals surface area (Å²) in [4.78, 5) is 27.4. The molecule has 1 amide bonds. The van der Waals surface area contributed by atoms with Gasteiger partial charge in [0.25, 0.3) is 0 Å². The van der Waals surface area contributed by atoms with Crippen LogP contribution in [-0.4, -0.2) is 42.8 Å². The maximum Gasteiger partial charge on any atom is 0.419 e. The smallest absolute Gasteiger partial charge is 0.408 e. The van der Waals surface area contributed by atoms with Crippen LogP contribution in [0.5, 0.6) is 0 Å². The van der Waals surface area contributed by atoms with E-state index in [1.165, 1.54) is 21.0 Å². The Morgan fingerprint density at radius 1 is 1.09 bits per heavy atom. The lowest BCUT2D eigenvalue weighted by Crippen LogP contribution is -2.33. The van der Waals surface area contributed by atoms with Gasteiger partial charge in [0.05, 0.1) is 10.4 Å². The van der Waals surface area contributed by atoms with Crippen LogP contribution >= 0.6 is 0 Å². The minimum absolute atomic E-state index is 0.0795. The summed E-state index contributed by atoms with van der Waals surface area (Å²) < 4.78 is 33.8. The zero-order valence-corrected chi connectivity index (χ0v) is 19.6. The summed E-state index contributed by atoms with van der Waals surface area (Å²) in [5.74, 6) is -0.683. The third-order valence-corrected chi connectivity index (χ3v) is 7.89. The van der Waals surface area contributed by atoms with Crippen LogP contribution in [-0.2, 0) is 21.4 Å². The number of unbranched alkanes of at least 4 members (excludes halogenated alkanes) is 1. The molecule has 0 spiro atoms. The molecule has 33 heavy (non-hydrogen) atoms. The number of aromatic nitrogens is 1.